The van der Waals surface area contributed by atoms with Gasteiger partial charge >= 0.3 is 0 Å². The molecule has 2 fully saturated rings. The minimum atomic E-state index is -0.176. The highest BCUT2D eigenvalue weighted by molar-refractivity contribution is 5.19. The van der Waals surface area contributed by atoms with Crippen molar-refractivity contribution in [2.45, 2.75) is 57.1 Å². The predicted octanol–water partition coefficient (Wildman–Crippen LogP) is 4.22. The molecular weight excluding hydrogens is 265 g/mol. The molecule has 0 aromatic heterocycles. The first-order valence-corrected chi connectivity index (χ1v) is 8.42. The van der Waals surface area contributed by atoms with Crippen LogP contribution < -0.4 is 5.32 Å². The maximum atomic E-state index is 13.5. The summed E-state index contributed by atoms with van der Waals surface area (Å²) in [5, 5.41) is 3.51. The van der Waals surface area contributed by atoms with Crippen LogP contribution in [0.4, 0.5) is 4.39 Å². The molecule has 0 amide bonds. The van der Waals surface area contributed by atoms with E-state index in [0.717, 1.165) is 18.7 Å². The van der Waals surface area contributed by atoms with Crippen LogP contribution in [0.25, 0.3) is 0 Å². The standard InChI is InChI=1S/C18H26FNO/c19-16-8-4-7-15(11-16)18(12-20-17-9-10-17)21-13-14-5-2-1-3-6-14/h4,7-8,11,14,17-18,20H,1-3,5-6,9-10,12-13H2. The van der Waals surface area contributed by atoms with Gasteiger partial charge in [0.15, 0.2) is 0 Å². The summed E-state index contributed by atoms with van der Waals surface area (Å²) in [6.07, 6.45) is 9.10. The van der Waals surface area contributed by atoms with E-state index in [1.165, 1.54) is 51.0 Å². The summed E-state index contributed by atoms with van der Waals surface area (Å²) in [5.74, 6) is 0.515. The van der Waals surface area contributed by atoms with Crippen molar-refractivity contribution in [1.29, 1.82) is 0 Å². The monoisotopic (exact) mass is 291 g/mol. The maximum Gasteiger partial charge on any atom is 0.123 e. The van der Waals surface area contributed by atoms with Gasteiger partial charge in [0.25, 0.3) is 0 Å². The van der Waals surface area contributed by atoms with Gasteiger partial charge in [-0.3, -0.25) is 0 Å². The van der Waals surface area contributed by atoms with Crippen LogP contribution in [0.5, 0.6) is 0 Å². The molecule has 0 bridgehead atoms. The second kappa shape index (κ2) is 7.37. The Morgan fingerprint density at radius 3 is 2.67 bits per heavy atom. The van der Waals surface area contributed by atoms with E-state index in [2.05, 4.69) is 5.32 Å². The van der Waals surface area contributed by atoms with Crippen molar-refractivity contribution in [3.63, 3.8) is 0 Å². The van der Waals surface area contributed by atoms with Gasteiger partial charge in [0.05, 0.1) is 12.7 Å². The zero-order valence-corrected chi connectivity index (χ0v) is 12.7. The fourth-order valence-electron chi connectivity index (χ4n) is 3.15. The molecule has 3 rings (SSSR count). The van der Waals surface area contributed by atoms with Crippen LogP contribution in [0.3, 0.4) is 0 Å². The van der Waals surface area contributed by atoms with E-state index in [9.17, 15) is 4.39 Å². The molecule has 0 heterocycles. The molecule has 116 valence electrons. The van der Waals surface area contributed by atoms with Gasteiger partial charge in [-0.2, -0.15) is 0 Å². The molecule has 1 unspecified atom stereocenters. The summed E-state index contributed by atoms with van der Waals surface area (Å²) in [4.78, 5) is 0. The molecule has 21 heavy (non-hydrogen) atoms. The molecule has 2 nitrogen and oxygen atoms in total. The minimum absolute atomic E-state index is 0.0248. The number of halogens is 1. The van der Waals surface area contributed by atoms with E-state index in [0.29, 0.717) is 12.0 Å². The van der Waals surface area contributed by atoms with Crippen molar-refractivity contribution in [1.82, 2.24) is 5.32 Å². The van der Waals surface area contributed by atoms with E-state index < -0.39 is 0 Å². The summed E-state index contributed by atoms with van der Waals surface area (Å²) in [6, 6.07) is 7.51. The van der Waals surface area contributed by atoms with Crippen LogP contribution in [-0.4, -0.2) is 19.2 Å². The second-order valence-electron chi connectivity index (χ2n) is 6.56. The van der Waals surface area contributed by atoms with Gasteiger partial charge in [0.2, 0.25) is 0 Å². The number of hydrogen-bond donors (Lipinski definition) is 1. The molecule has 2 aliphatic rings. The Morgan fingerprint density at radius 1 is 1.14 bits per heavy atom. The third kappa shape index (κ3) is 4.79. The van der Waals surface area contributed by atoms with Crippen molar-refractivity contribution < 1.29 is 9.13 Å². The molecule has 1 aromatic rings. The highest BCUT2D eigenvalue weighted by Gasteiger charge is 2.24. The normalized spacial score (nSPS) is 21.4. The van der Waals surface area contributed by atoms with E-state index in [1.54, 1.807) is 12.1 Å². The first kappa shape index (κ1) is 15.0. The summed E-state index contributed by atoms with van der Waals surface area (Å²) in [5.41, 5.74) is 0.957. The van der Waals surface area contributed by atoms with Crippen molar-refractivity contribution in [3.05, 3.63) is 35.6 Å². The second-order valence-corrected chi connectivity index (χ2v) is 6.56. The van der Waals surface area contributed by atoms with Gasteiger partial charge in [-0.05, 0) is 49.3 Å². The number of rotatable bonds is 7. The van der Waals surface area contributed by atoms with E-state index in [4.69, 9.17) is 4.74 Å². The lowest BCUT2D eigenvalue weighted by molar-refractivity contribution is 0.0196. The van der Waals surface area contributed by atoms with Crippen molar-refractivity contribution >= 4 is 0 Å². The Bertz CT molecular complexity index is 441. The van der Waals surface area contributed by atoms with Crippen molar-refractivity contribution in [3.8, 4) is 0 Å². The SMILES string of the molecule is Fc1cccc(C(CNC2CC2)OCC2CCCCC2)c1. The average molecular weight is 291 g/mol. The van der Waals surface area contributed by atoms with Crippen molar-refractivity contribution in [2.24, 2.45) is 5.92 Å². The molecule has 3 heteroatoms. The molecule has 1 atom stereocenters. The van der Waals surface area contributed by atoms with Gasteiger partial charge in [-0.15, -0.1) is 0 Å². The zero-order chi connectivity index (χ0) is 14.5. The number of hydrogen-bond acceptors (Lipinski definition) is 2. The van der Waals surface area contributed by atoms with Gasteiger partial charge in [0, 0.05) is 12.6 Å². The van der Waals surface area contributed by atoms with Crippen LogP contribution in [0.1, 0.15) is 56.6 Å². The summed E-state index contributed by atoms with van der Waals surface area (Å²) >= 11 is 0. The third-order valence-corrected chi connectivity index (χ3v) is 4.65. The largest absolute Gasteiger partial charge is 0.372 e. The first-order valence-electron chi connectivity index (χ1n) is 8.42. The fourth-order valence-corrected chi connectivity index (χ4v) is 3.15. The van der Waals surface area contributed by atoms with Gasteiger partial charge < -0.3 is 10.1 Å². The lowest BCUT2D eigenvalue weighted by atomic mass is 9.90. The Labute approximate surface area is 127 Å². The minimum Gasteiger partial charge on any atom is -0.372 e. The van der Waals surface area contributed by atoms with Crippen LogP contribution in [0.15, 0.2) is 24.3 Å². The molecule has 2 saturated carbocycles. The van der Waals surface area contributed by atoms with E-state index in [-0.39, 0.29) is 11.9 Å². The predicted molar refractivity (Wildman–Crippen MR) is 82.7 cm³/mol. The summed E-state index contributed by atoms with van der Waals surface area (Å²) in [6.45, 7) is 1.61. The highest BCUT2D eigenvalue weighted by atomic mass is 19.1. The Balaban J connectivity index is 1.57. The lowest BCUT2D eigenvalue weighted by Crippen LogP contribution is -2.27. The van der Waals surface area contributed by atoms with E-state index in [1.807, 2.05) is 6.07 Å². The first-order chi connectivity index (χ1) is 10.3. The Kier molecular flexibility index (Phi) is 5.26. The highest BCUT2D eigenvalue weighted by Crippen LogP contribution is 2.27. The van der Waals surface area contributed by atoms with Crippen LogP contribution in [0, 0.1) is 11.7 Å². The van der Waals surface area contributed by atoms with Crippen molar-refractivity contribution in [2.75, 3.05) is 13.2 Å². The average Bonchev–Trinajstić information content (AvgIpc) is 3.32. The lowest BCUT2D eigenvalue weighted by Gasteiger charge is -2.25. The molecular formula is C18H26FNO. The number of nitrogens with one attached hydrogen (secondary N) is 1. The molecule has 0 spiro atoms. The molecule has 1 N–H and O–H groups in total. The number of ether oxygens (including phenoxy) is 1. The van der Waals surface area contributed by atoms with Gasteiger partial charge in [-0.1, -0.05) is 31.4 Å². The topological polar surface area (TPSA) is 21.3 Å². The number of benzene rings is 1. The summed E-state index contributed by atoms with van der Waals surface area (Å²) < 4.78 is 19.6. The molecule has 0 aliphatic heterocycles. The molecule has 0 radical (unpaired) electrons. The fraction of sp³-hybridized carbons (Fsp3) is 0.667. The maximum absolute atomic E-state index is 13.5. The van der Waals surface area contributed by atoms with Gasteiger partial charge in [-0.25, -0.2) is 4.39 Å². The van der Waals surface area contributed by atoms with Crippen LogP contribution in [-0.2, 0) is 4.74 Å². The molecule has 0 saturated heterocycles. The Hall–Kier alpha value is -0.930. The zero-order valence-electron chi connectivity index (χ0n) is 12.7. The Morgan fingerprint density at radius 2 is 1.95 bits per heavy atom. The van der Waals surface area contributed by atoms with Crippen LogP contribution in [0.2, 0.25) is 0 Å². The van der Waals surface area contributed by atoms with Gasteiger partial charge in [0.1, 0.15) is 5.82 Å². The van der Waals surface area contributed by atoms with Crippen LogP contribution >= 0.6 is 0 Å². The smallest absolute Gasteiger partial charge is 0.123 e. The summed E-state index contributed by atoms with van der Waals surface area (Å²) in [7, 11) is 0. The molecule has 1 aromatic carbocycles. The third-order valence-electron chi connectivity index (χ3n) is 4.65. The van der Waals surface area contributed by atoms with E-state index >= 15 is 0 Å². The quantitative estimate of drug-likeness (QED) is 0.812. The molecule has 2 aliphatic carbocycles.